The first-order valence-corrected chi connectivity index (χ1v) is 5.11. The van der Waals surface area contributed by atoms with Gasteiger partial charge in [-0.1, -0.05) is 0 Å². The topological polar surface area (TPSA) is 47.0 Å². The van der Waals surface area contributed by atoms with Gasteiger partial charge in [0, 0.05) is 5.56 Å². The van der Waals surface area contributed by atoms with Crippen LogP contribution in [0.4, 0.5) is 26.3 Å². The van der Waals surface area contributed by atoms with Gasteiger partial charge < -0.3 is 0 Å². The number of rotatable bonds is 3. The Morgan fingerprint density at radius 3 is 1.80 bits per heavy atom. The van der Waals surface area contributed by atoms with Gasteiger partial charge in [-0.05, 0) is 13.8 Å². The van der Waals surface area contributed by atoms with E-state index in [9.17, 15) is 35.9 Å². The molecule has 0 radical (unpaired) electrons. The molecule has 1 aromatic rings. The van der Waals surface area contributed by atoms with Crippen LogP contribution in [0.15, 0.2) is 0 Å². The minimum Gasteiger partial charge on any atom is -0.299 e. The maximum absolute atomic E-state index is 13.7. The van der Waals surface area contributed by atoms with Gasteiger partial charge in [-0.2, -0.15) is 17.6 Å². The highest BCUT2D eigenvalue weighted by Gasteiger charge is 2.42. The molecule has 0 bridgehead atoms. The number of pyridine rings is 1. The van der Waals surface area contributed by atoms with E-state index in [0.29, 0.717) is 0 Å². The second-order valence-corrected chi connectivity index (χ2v) is 3.94. The Morgan fingerprint density at radius 2 is 1.45 bits per heavy atom. The summed E-state index contributed by atoms with van der Waals surface area (Å²) in [6, 6.07) is 0. The molecule has 0 atom stereocenters. The van der Waals surface area contributed by atoms with E-state index in [4.69, 9.17) is 0 Å². The highest BCUT2D eigenvalue weighted by molar-refractivity contribution is 6.05. The highest BCUT2D eigenvalue weighted by atomic mass is 19.4. The van der Waals surface area contributed by atoms with E-state index in [1.807, 2.05) is 0 Å². The fourth-order valence-electron chi connectivity index (χ4n) is 1.67. The molecule has 1 aromatic heterocycles. The number of Topliss-reactive ketones (excluding diaryl/α,β-unsaturated/α-hetero) is 2. The summed E-state index contributed by atoms with van der Waals surface area (Å²) in [5.41, 5.74) is -3.90. The highest BCUT2D eigenvalue weighted by Crippen LogP contribution is 2.35. The van der Waals surface area contributed by atoms with Gasteiger partial charge >= 0.3 is 6.18 Å². The average molecular weight is 299 g/mol. The average Bonchev–Trinajstić information content (AvgIpc) is 2.26. The zero-order chi connectivity index (χ0) is 15.8. The van der Waals surface area contributed by atoms with Crippen LogP contribution in [0.25, 0.3) is 0 Å². The van der Waals surface area contributed by atoms with Gasteiger partial charge in [0.05, 0.1) is 0 Å². The molecule has 0 fully saturated rings. The third-order valence-electron chi connectivity index (χ3n) is 2.44. The van der Waals surface area contributed by atoms with Crippen molar-refractivity contribution < 1.29 is 35.9 Å². The molecule has 0 aromatic carbocycles. The normalized spacial score (nSPS) is 11.8. The molecule has 110 valence electrons. The van der Waals surface area contributed by atoms with Crippen molar-refractivity contribution in [2.75, 3.05) is 0 Å². The molecule has 1 rings (SSSR count). The van der Waals surface area contributed by atoms with E-state index in [1.54, 1.807) is 0 Å². The lowest BCUT2D eigenvalue weighted by Crippen LogP contribution is -2.24. The van der Waals surface area contributed by atoms with Crippen LogP contribution in [0.5, 0.6) is 0 Å². The molecule has 0 N–H and O–H groups in total. The number of carbonyl (C=O) groups excluding carboxylic acids is 2. The Bertz CT molecular complexity index is 567. The zero-order valence-electron chi connectivity index (χ0n) is 10.1. The maximum atomic E-state index is 13.7. The Balaban J connectivity index is 3.73. The van der Waals surface area contributed by atoms with E-state index in [1.165, 1.54) is 0 Å². The molecule has 0 aliphatic rings. The number of carbonyl (C=O) groups is 2. The first kappa shape index (κ1) is 16.1. The quantitative estimate of drug-likeness (QED) is 0.490. The minimum absolute atomic E-state index is 0.747. The molecule has 0 aliphatic heterocycles. The van der Waals surface area contributed by atoms with Crippen molar-refractivity contribution in [2.24, 2.45) is 0 Å². The van der Waals surface area contributed by atoms with E-state index in [0.717, 1.165) is 13.8 Å². The largest absolute Gasteiger partial charge is 0.436 e. The van der Waals surface area contributed by atoms with Crippen molar-refractivity contribution in [1.82, 2.24) is 4.98 Å². The van der Waals surface area contributed by atoms with Gasteiger partial charge in [0.2, 0.25) is 5.95 Å². The fraction of sp³-hybridized carbons (Fsp3) is 0.364. The third kappa shape index (κ3) is 2.81. The molecule has 1 heterocycles. The number of alkyl halides is 3. The van der Waals surface area contributed by atoms with Crippen LogP contribution in [0.3, 0.4) is 0 Å². The van der Waals surface area contributed by atoms with Gasteiger partial charge in [0.25, 0.3) is 0 Å². The molecule has 3 nitrogen and oxygen atoms in total. The lowest BCUT2D eigenvalue weighted by Gasteiger charge is -2.16. The van der Waals surface area contributed by atoms with Crippen molar-refractivity contribution in [1.29, 1.82) is 0 Å². The number of hydrogen-bond donors (Lipinski definition) is 0. The fourth-order valence-corrected chi connectivity index (χ4v) is 1.67. The Morgan fingerprint density at radius 1 is 1.00 bits per heavy atom. The lowest BCUT2D eigenvalue weighted by atomic mass is 9.91. The van der Waals surface area contributed by atoms with Crippen LogP contribution in [0.1, 0.15) is 31.0 Å². The Kier molecular flexibility index (Phi) is 4.21. The summed E-state index contributed by atoms with van der Waals surface area (Å²) < 4.78 is 77.5. The smallest absolute Gasteiger partial charge is 0.299 e. The van der Waals surface area contributed by atoms with Crippen molar-refractivity contribution in [3.05, 3.63) is 28.8 Å². The summed E-state index contributed by atoms with van der Waals surface area (Å²) >= 11 is 0. The van der Waals surface area contributed by atoms with Crippen molar-refractivity contribution >= 4 is 11.6 Å². The first-order valence-electron chi connectivity index (χ1n) is 5.11. The molecule has 20 heavy (non-hydrogen) atoms. The van der Waals surface area contributed by atoms with Crippen LogP contribution >= 0.6 is 0 Å². The van der Waals surface area contributed by atoms with E-state index >= 15 is 0 Å². The molecule has 0 saturated carbocycles. The van der Waals surface area contributed by atoms with Crippen molar-refractivity contribution in [2.45, 2.75) is 25.9 Å². The van der Waals surface area contributed by atoms with Gasteiger partial charge in [-0.25, -0.2) is 13.8 Å². The molecular formula is C11H7F6NO2. The van der Waals surface area contributed by atoms with Crippen molar-refractivity contribution in [3.8, 4) is 0 Å². The molecule has 0 aliphatic carbocycles. The van der Waals surface area contributed by atoms with Crippen molar-refractivity contribution in [3.63, 3.8) is 0 Å². The van der Waals surface area contributed by atoms with E-state index in [2.05, 4.69) is 4.98 Å². The summed E-state index contributed by atoms with van der Waals surface area (Å²) in [6.45, 7) is 1.49. The van der Waals surface area contributed by atoms with Gasteiger partial charge in [0.15, 0.2) is 17.3 Å². The Labute approximate surface area is 108 Å². The second-order valence-electron chi connectivity index (χ2n) is 3.94. The predicted molar refractivity (Wildman–Crippen MR) is 53.2 cm³/mol. The van der Waals surface area contributed by atoms with Crippen LogP contribution in [-0.4, -0.2) is 16.6 Å². The van der Waals surface area contributed by atoms with E-state index in [-0.39, 0.29) is 0 Å². The SMILES string of the molecule is CC(=O)C(C(C)=O)c1c(F)c(F)nc(C(F)(F)F)c1F. The van der Waals surface area contributed by atoms with Gasteiger partial charge in [0.1, 0.15) is 17.5 Å². The Hall–Kier alpha value is -1.93. The lowest BCUT2D eigenvalue weighted by molar-refractivity contribution is -0.144. The molecule has 0 saturated heterocycles. The van der Waals surface area contributed by atoms with Crippen LogP contribution in [-0.2, 0) is 15.8 Å². The summed E-state index contributed by atoms with van der Waals surface area (Å²) in [7, 11) is 0. The van der Waals surface area contributed by atoms with Crippen LogP contribution < -0.4 is 0 Å². The monoisotopic (exact) mass is 299 g/mol. The first-order chi connectivity index (χ1) is 8.98. The van der Waals surface area contributed by atoms with Crippen LogP contribution in [0, 0.1) is 17.6 Å². The minimum atomic E-state index is -5.40. The third-order valence-corrected chi connectivity index (χ3v) is 2.44. The standard InChI is InChI=1S/C11H7F6NO2/c1-3(19)5(4(2)20)6-7(12)9(11(15,16)17)18-10(14)8(6)13/h5H,1-2H3. The molecular weight excluding hydrogens is 292 g/mol. The molecule has 0 spiro atoms. The second kappa shape index (κ2) is 5.22. The summed E-state index contributed by atoms with van der Waals surface area (Å²) in [4.78, 5) is 24.5. The number of aromatic nitrogens is 1. The van der Waals surface area contributed by atoms with Gasteiger partial charge in [-0.15, -0.1) is 0 Å². The maximum Gasteiger partial charge on any atom is 0.436 e. The number of halogens is 6. The van der Waals surface area contributed by atoms with Gasteiger partial charge in [-0.3, -0.25) is 9.59 Å². The number of ketones is 2. The molecule has 0 unspecified atom stereocenters. The van der Waals surface area contributed by atoms with Crippen LogP contribution in [0.2, 0.25) is 0 Å². The number of nitrogens with zero attached hydrogens (tertiary/aromatic N) is 1. The van der Waals surface area contributed by atoms with E-state index < -0.39 is 52.5 Å². The number of hydrogen-bond acceptors (Lipinski definition) is 3. The zero-order valence-corrected chi connectivity index (χ0v) is 10.1. The molecule has 9 heteroatoms. The summed E-state index contributed by atoms with van der Waals surface area (Å²) in [5.74, 6) is -11.0. The summed E-state index contributed by atoms with van der Waals surface area (Å²) in [5, 5.41) is 0. The predicted octanol–water partition coefficient (Wildman–Crippen LogP) is 2.78. The summed E-state index contributed by atoms with van der Waals surface area (Å²) in [6.07, 6.45) is -5.40. The molecule has 0 amide bonds.